The van der Waals surface area contributed by atoms with Gasteiger partial charge in [-0.2, -0.15) is 5.26 Å². The maximum atomic E-state index is 14.1. The monoisotopic (exact) mass is 333 g/mol. The molecular weight excluding hydrogens is 317 g/mol. The van der Waals surface area contributed by atoms with Gasteiger partial charge in [-0.15, -0.1) is 0 Å². The van der Waals surface area contributed by atoms with Crippen LogP contribution in [0, 0.1) is 17.1 Å². The van der Waals surface area contributed by atoms with E-state index < -0.39 is 11.8 Å². The van der Waals surface area contributed by atoms with E-state index in [2.05, 4.69) is 6.92 Å². The lowest BCUT2D eigenvalue weighted by Gasteiger charge is -2.07. The van der Waals surface area contributed by atoms with E-state index in [4.69, 9.17) is 10.00 Å². The van der Waals surface area contributed by atoms with Crippen molar-refractivity contribution < 1.29 is 13.9 Å². The average molecular weight is 333 g/mol. The molecule has 3 rings (SSSR count). The summed E-state index contributed by atoms with van der Waals surface area (Å²) in [5, 5.41) is 9.76. The number of halogens is 1. The van der Waals surface area contributed by atoms with Crippen LogP contribution in [0.3, 0.4) is 0 Å². The van der Waals surface area contributed by atoms with Gasteiger partial charge in [0.1, 0.15) is 17.6 Å². The highest BCUT2D eigenvalue weighted by molar-refractivity contribution is 5.92. The van der Waals surface area contributed by atoms with Gasteiger partial charge >= 0.3 is 5.97 Å². The van der Waals surface area contributed by atoms with Crippen molar-refractivity contribution in [2.45, 2.75) is 19.8 Å². The molecule has 0 heterocycles. The maximum absolute atomic E-state index is 14.1. The summed E-state index contributed by atoms with van der Waals surface area (Å²) in [6.45, 7) is 2.10. The van der Waals surface area contributed by atoms with Crippen molar-refractivity contribution in [3.05, 3.63) is 77.1 Å². The van der Waals surface area contributed by atoms with Gasteiger partial charge in [0.2, 0.25) is 0 Å². The Labute approximate surface area is 145 Å². The number of hydrogen-bond acceptors (Lipinski definition) is 3. The standard InChI is InChI=1S/C21H16FNO2/c1-2-3-14-4-6-15(7-5-14)21(24)25-18-10-11-19-16(12-18)8-9-17(13-23)20(19)22/h4-12H,2-3H2,1H3. The highest BCUT2D eigenvalue weighted by Crippen LogP contribution is 2.25. The molecule has 0 aliphatic carbocycles. The van der Waals surface area contributed by atoms with Gasteiger partial charge in [-0.3, -0.25) is 0 Å². The molecule has 4 heteroatoms. The molecule has 25 heavy (non-hydrogen) atoms. The molecule has 0 bridgehead atoms. The maximum Gasteiger partial charge on any atom is 0.343 e. The van der Waals surface area contributed by atoms with Gasteiger partial charge in [-0.05, 0) is 53.8 Å². The summed E-state index contributed by atoms with van der Waals surface area (Å²) in [4.78, 5) is 12.2. The zero-order valence-corrected chi connectivity index (χ0v) is 13.8. The number of esters is 1. The number of nitriles is 1. The van der Waals surface area contributed by atoms with Gasteiger partial charge in [-0.25, -0.2) is 9.18 Å². The third-order valence-electron chi connectivity index (χ3n) is 3.98. The van der Waals surface area contributed by atoms with Crippen LogP contribution in [0.1, 0.15) is 34.8 Å². The van der Waals surface area contributed by atoms with Gasteiger partial charge in [0.25, 0.3) is 0 Å². The Morgan fingerprint density at radius 2 is 1.88 bits per heavy atom. The molecule has 0 saturated heterocycles. The molecule has 0 aliphatic rings. The number of benzene rings is 3. The van der Waals surface area contributed by atoms with Crippen molar-refractivity contribution in [1.29, 1.82) is 5.26 Å². The highest BCUT2D eigenvalue weighted by Gasteiger charge is 2.11. The predicted molar refractivity (Wildman–Crippen MR) is 94.0 cm³/mol. The van der Waals surface area contributed by atoms with E-state index >= 15 is 0 Å². The quantitative estimate of drug-likeness (QED) is 0.497. The van der Waals surface area contributed by atoms with Crippen LogP contribution < -0.4 is 4.74 Å². The molecule has 0 atom stereocenters. The summed E-state index contributed by atoms with van der Waals surface area (Å²) >= 11 is 0. The molecule has 3 aromatic carbocycles. The van der Waals surface area contributed by atoms with E-state index in [1.54, 1.807) is 24.3 Å². The number of hydrogen-bond donors (Lipinski definition) is 0. The van der Waals surface area contributed by atoms with Crippen LogP contribution in [-0.4, -0.2) is 5.97 Å². The van der Waals surface area contributed by atoms with Crippen LogP contribution in [0.2, 0.25) is 0 Å². The number of fused-ring (bicyclic) bond motifs is 1. The lowest BCUT2D eigenvalue weighted by molar-refractivity contribution is 0.0735. The SMILES string of the molecule is CCCc1ccc(C(=O)Oc2ccc3c(F)c(C#N)ccc3c2)cc1. The van der Waals surface area contributed by atoms with Crippen LogP contribution in [0.25, 0.3) is 10.8 Å². The second kappa shape index (κ2) is 7.14. The normalized spacial score (nSPS) is 10.4. The summed E-state index contributed by atoms with van der Waals surface area (Å²) in [6.07, 6.45) is 2.02. The van der Waals surface area contributed by atoms with Gasteiger partial charge in [0.05, 0.1) is 11.1 Å². The fourth-order valence-corrected chi connectivity index (χ4v) is 2.68. The van der Waals surface area contributed by atoms with Crippen LogP contribution in [0.4, 0.5) is 4.39 Å². The Morgan fingerprint density at radius 3 is 2.56 bits per heavy atom. The van der Waals surface area contributed by atoms with Crippen molar-refractivity contribution in [3.63, 3.8) is 0 Å². The molecule has 3 aromatic rings. The molecule has 0 saturated carbocycles. The molecule has 3 nitrogen and oxygen atoms in total. The fourth-order valence-electron chi connectivity index (χ4n) is 2.68. The van der Waals surface area contributed by atoms with E-state index in [1.165, 1.54) is 23.8 Å². The predicted octanol–water partition coefficient (Wildman–Crippen LogP) is 5.02. The Bertz CT molecular complexity index is 972. The zero-order chi connectivity index (χ0) is 17.8. The largest absolute Gasteiger partial charge is 0.423 e. The van der Waals surface area contributed by atoms with Crippen molar-refractivity contribution in [1.82, 2.24) is 0 Å². The lowest BCUT2D eigenvalue weighted by Crippen LogP contribution is -2.08. The molecule has 0 N–H and O–H groups in total. The van der Waals surface area contributed by atoms with Gasteiger partial charge in [0, 0.05) is 5.39 Å². The van der Waals surface area contributed by atoms with Crippen LogP contribution >= 0.6 is 0 Å². The molecule has 0 fully saturated rings. The first kappa shape index (κ1) is 16.7. The first-order chi connectivity index (χ1) is 12.1. The smallest absolute Gasteiger partial charge is 0.343 e. The first-order valence-corrected chi connectivity index (χ1v) is 8.06. The van der Waals surface area contributed by atoms with Crippen molar-refractivity contribution in [2.75, 3.05) is 0 Å². The minimum absolute atomic E-state index is 0.00980. The van der Waals surface area contributed by atoms with Crippen LogP contribution in [-0.2, 0) is 6.42 Å². The minimum Gasteiger partial charge on any atom is -0.423 e. The number of carbonyl (C=O) groups is 1. The fraction of sp³-hybridized carbons (Fsp3) is 0.143. The van der Waals surface area contributed by atoms with Gasteiger partial charge < -0.3 is 4.74 Å². The number of ether oxygens (including phenoxy) is 1. The second-order valence-electron chi connectivity index (χ2n) is 5.76. The highest BCUT2D eigenvalue weighted by atomic mass is 19.1. The Kier molecular flexibility index (Phi) is 4.76. The van der Waals surface area contributed by atoms with Gasteiger partial charge in [0.15, 0.2) is 0 Å². The molecule has 0 radical (unpaired) electrons. The van der Waals surface area contributed by atoms with Gasteiger partial charge in [-0.1, -0.05) is 31.5 Å². The van der Waals surface area contributed by atoms with Crippen LogP contribution in [0.15, 0.2) is 54.6 Å². The Balaban J connectivity index is 1.82. The van der Waals surface area contributed by atoms with E-state index in [1.807, 2.05) is 18.2 Å². The summed E-state index contributed by atoms with van der Waals surface area (Å²) in [6, 6.07) is 16.8. The summed E-state index contributed by atoms with van der Waals surface area (Å²) < 4.78 is 19.5. The molecule has 0 spiro atoms. The summed E-state index contributed by atoms with van der Waals surface area (Å²) in [7, 11) is 0. The van der Waals surface area contributed by atoms with Crippen LogP contribution in [0.5, 0.6) is 5.75 Å². The molecule has 0 amide bonds. The minimum atomic E-state index is -0.565. The lowest BCUT2D eigenvalue weighted by atomic mass is 10.1. The Hall–Kier alpha value is -3.19. The van der Waals surface area contributed by atoms with E-state index in [-0.39, 0.29) is 5.56 Å². The van der Waals surface area contributed by atoms with E-state index in [0.29, 0.717) is 22.1 Å². The van der Waals surface area contributed by atoms with E-state index in [9.17, 15) is 9.18 Å². The second-order valence-corrected chi connectivity index (χ2v) is 5.76. The molecule has 0 aliphatic heterocycles. The number of rotatable bonds is 4. The summed E-state index contributed by atoms with van der Waals surface area (Å²) in [5.74, 6) is -0.694. The topological polar surface area (TPSA) is 50.1 Å². The third kappa shape index (κ3) is 3.51. The zero-order valence-electron chi connectivity index (χ0n) is 13.8. The molecule has 0 aromatic heterocycles. The van der Waals surface area contributed by atoms with Crippen molar-refractivity contribution in [3.8, 4) is 11.8 Å². The number of carbonyl (C=O) groups excluding carboxylic acids is 1. The molecule has 124 valence electrons. The summed E-state index contributed by atoms with van der Waals surface area (Å²) in [5.41, 5.74) is 1.63. The third-order valence-corrected chi connectivity index (χ3v) is 3.98. The number of nitrogens with zero attached hydrogens (tertiary/aromatic N) is 1. The number of aryl methyl sites for hydroxylation is 1. The first-order valence-electron chi connectivity index (χ1n) is 8.06. The Morgan fingerprint density at radius 1 is 1.12 bits per heavy atom. The molecular formula is C21H16FNO2. The average Bonchev–Trinajstić information content (AvgIpc) is 2.63. The van der Waals surface area contributed by atoms with Crippen molar-refractivity contribution in [2.24, 2.45) is 0 Å². The molecule has 0 unspecified atom stereocenters. The van der Waals surface area contributed by atoms with E-state index in [0.717, 1.165) is 12.8 Å². The van der Waals surface area contributed by atoms with Crippen molar-refractivity contribution >= 4 is 16.7 Å².